The molecule has 10 nitrogen and oxygen atoms in total. The van der Waals surface area contributed by atoms with Gasteiger partial charge in [-0.15, -0.1) is 0 Å². The van der Waals surface area contributed by atoms with Gasteiger partial charge < -0.3 is 35.1 Å². The number of methoxy groups -OCH3 is 1. The third kappa shape index (κ3) is 6.36. The highest BCUT2D eigenvalue weighted by Crippen LogP contribution is 2.33. The smallest absolute Gasteiger partial charge is 0.254 e. The second-order valence-corrected chi connectivity index (χ2v) is 9.71. The number of hydrogen-bond acceptors (Lipinski definition) is 9. The molecule has 0 bridgehead atoms. The van der Waals surface area contributed by atoms with Crippen molar-refractivity contribution >= 4 is 28.3 Å². The number of unbranched alkanes of at least 4 members (excludes halogenated alkanes) is 1. The van der Waals surface area contributed by atoms with E-state index in [-0.39, 0.29) is 35.2 Å². The van der Waals surface area contributed by atoms with E-state index in [9.17, 15) is 9.59 Å². The van der Waals surface area contributed by atoms with Crippen molar-refractivity contribution in [2.45, 2.75) is 65.6 Å². The third-order valence-electron chi connectivity index (χ3n) is 6.10. The molecule has 206 valence electrons. The van der Waals surface area contributed by atoms with Crippen molar-refractivity contribution in [3.63, 3.8) is 0 Å². The average molecular weight is 527 g/mol. The van der Waals surface area contributed by atoms with Crippen LogP contribution in [0.15, 0.2) is 34.9 Å². The van der Waals surface area contributed by atoms with E-state index in [1.807, 2.05) is 32.6 Å². The standard InChI is InChI=1S/C28H38N4O6/c1-16(2)32(17(3)4)28(34)19-9-11-21(23(15-19)35-6)36-13-7-8-14-37-22-12-10-20-25(26(33)18(5)29)31-38-27(20)24(22)30/h9-12,15-18H,7-8,13-14,29-30H2,1-6H3. The number of hydrogen-bond donors (Lipinski definition) is 2. The first-order valence-electron chi connectivity index (χ1n) is 12.8. The summed E-state index contributed by atoms with van der Waals surface area (Å²) in [5.41, 5.74) is 13.1. The van der Waals surface area contributed by atoms with Crippen LogP contribution in [0.2, 0.25) is 0 Å². The number of ketones is 1. The number of nitrogens with zero attached hydrogens (tertiary/aromatic N) is 2. The summed E-state index contributed by atoms with van der Waals surface area (Å²) in [4.78, 5) is 27.0. The van der Waals surface area contributed by atoms with Gasteiger partial charge in [-0.3, -0.25) is 9.59 Å². The van der Waals surface area contributed by atoms with Crippen molar-refractivity contribution in [2.75, 3.05) is 26.1 Å². The van der Waals surface area contributed by atoms with Crippen LogP contribution in [0.25, 0.3) is 11.0 Å². The Hall–Kier alpha value is -3.79. The van der Waals surface area contributed by atoms with Gasteiger partial charge >= 0.3 is 0 Å². The number of anilines is 1. The van der Waals surface area contributed by atoms with E-state index < -0.39 is 6.04 Å². The molecule has 0 spiro atoms. The largest absolute Gasteiger partial charge is 0.493 e. The lowest BCUT2D eigenvalue weighted by molar-refractivity contribution is 0.0643. The maximum atomic E-state index is 13.0. The molecule has 10 heteroatoms. The lowest BCUT2D eigenvalue weighted by atomic mass is 10.1. The molecule has 0 aliphatic heterocycles. The Kier molecular flexibility index (Phi) is 9.57. The van der Waals surface area contributed by atoms with Crippen molar-refractivity contribution in [3.05, 3.63) is 41.6 Å². The SMILES string of the molecule is COc1cc(C(=O)N(C(C)C)C(C)C)ccc1OCCCCOc1ccc2c(C(=O)C(C)N)noc2c1N. The average Bonchev–Trinajstić information content (AvgIpc) is 3.31. The van der Waals surface area contributed by atoms with Gasteiger partial charge in [0.1, 0.15) is 11.4 Å². The normalized spacial score (nSPS) is 12.1. The summed E-state index contributed by atoms with van der Waals surface area (Å²) in [5, 5.41) is 4.34. The lowest BCUT2D eigenvalue weighted by Gasteiger charge is -2.31. The third-order valence-corrected chi connectivity index (χ3v) is 6.10. The first-order chi connectivity index (χ1) is 18.1. The minimum Gasteiger partial charge on any atom is -0.493 e. The molecule has 1 amide bonds. The van der Waals surface area contributed by atoms with E-state index in [1.54, 1.807) is 44.4 Å². The quantitative estimate of drug-likeness (QED) is 0.188. The van der Waals surface area contributed by atoms with Crippen LogP contribution in [-0.2, 0) is 0 Å². The van der Waals surface area contributed by atoms with Gasteiger partial charge in [0.25, 0.3) is 5.91 Å². The minimum atomic E-state index is -0.691. The molecule has 0 fully saturated rings. The predicted octanol–water partition coefficient (Wildman–Crippen LogP) is 4.45. The minimum absolute atomic E-state index is 0.0449. The lowest BCUT2D eigenvalue weighted by Crippen LogP contribution is -2.42. The molecule has 1 unspecified atom stereocenters. The van der Waals surface area contributed by atoms with E-state index >= 15 is 0 Å². The van der Waals surface area contributed by atoms with E-state index in [0.29, 0.717) is 53.4 Å². The Morgan fingerprint density at radius 3 is 2.13 bits per heavy atom. The Labute approximate surface area is 223 Å². The number of carbonyl (C=O) groups excluding carboxylic acids is 2. The van der Waals surface area contributed by atoms with Gasteiger partial charge in [-0.25, -0.2) is 0 Å². The Morgan fingerprint density at radius 1 is 0.947 bits per heavy atom. The zero-order chi connectivity index (χ0) is 28.0. The first kappa shape index (κ1) is 28.8. The summed E-state index contributed by atoms with van der Waals surface area (Å²) in [6.45, 7) is 10.4. The number of fused-ring (bicyclic) bond motifs is 1. The Balaban J connectivity index is 1.53. The molecule has 0 saturated heterocycles. The van der Waals surface area contributed by atoms with E-state index in [0.717, 1.165) is 6.42 Å². The number of amides is 1. The number of nitrogen functional groups attached to an aromatic ring is 1. The molecule has 0 saturated carbocycles. The molecule has 2 aromatic carbocycles. The van der Waals surface area contributed by atoms with Crippen LogP contribution in [0.1, 0.15) is 68.3 Å². The molecular weight excluding hydrogens is 488 g/mol. The highest BCUT2D eigenvalue weighted by atomic mass is 16.5. The van der Waals surface area contributed by atoms with Crippen LogP contribution in [-0.4, -0.2) is 60.2 Å². The molecular formula is C28H38N4O6. The summed E-state index contributed by atoms with van der Waals surface area (Å²) in [5.74, 6) is 1.17. The highest BCUT2D eigenvalue weighted by molar-refractivity contribution is 6.10. The van der Waals surface area contributed by atoms with Crippen LogP contribution in [0.4, 0.5) is 5.69 Å². The Bertz CT molecular complexity index is 1260. The zero-order valence-electron chi connectivity index (χ0n) is 22.9. The van der Waals surface area contributed by atoms with Crippen LogP contribution >= 0.6 is 0 Å². The fourth-order valence-electron chi connectivity index (χ4n) is 4.23. The fourth-order valence-corrected chi connectivity index (χ4v) is 4.23. The monoisotopic (exact) mass is 526 g/mol. The van der Waals surface area contributed by atoms with E-state index in [1.165, 1.54) is 0 Å². The van der Waals surface area contributed by atoms with Gasteiger partial charge in [-0.1, -0.05) is 5.16 Å². The summed E-state index contributed by atoms with van der Waals surface area (Å²) < 4.78 is 22.5. The second kappa shape index (κ2) is 12.6. The summed E-state index contributed by atoms with van der Waals surface area (Å²) in [7, 11) is 1.55. The molecule has 1 aromatic heterocycles. The molecule has 3 rings (SSSR count). The molecule has 0 aliphatic carbocycles. The number of benzene rings is 2. The number of nitrogens with two attached hydrogens (primary N) is 2. The molecule has 0 aliphatic rings. The molecule has 0 radical (unpaired) electrons. The van der Waals surface area contributed by atoms with Gasteiger partial charge in [0.2, 0.25) is 5.78 Å². The highest BCUT2D eigenvalue weighted by Gasteiger charge is 2.23. The number of ether oxygens (including phenoxy) is 3. The van der Waals surface area contributed by atoms with Gasteiger partial charge in [0, 0.05) is 17.6 Å². The van der Waals surface area contributed by atoms with E-state index in [2.05, 4.69) is 5.16 Å². The van der Waals surface area contributed by atoms with Gasteiger partial charge in [0.05, 0.1) is 31.8 Å². The molecule has 38 heavy (non-hydrogen) atoms. The fraction of sp³-hybridized carbons (Fsp3) is 0.464. The zero-order valence-corrected chi connectivity index (χ0v) is 22.9. The summed E-state index contributed by atoms with van der Waals surface area (Å²) in [6.07, 6.45) is 1.43. The van der Waals surface area contributed by atoms with Gasteiger partial charge in [0.15, 0.2) is 22.8 Å². The van der Waals surface area contributed by atoms with E-state index in [4.69, 9.17) is 30.2 Å². The van der Waals surface area contributed by atoms with Crippen LogP contribution in [0.3, 0.4) is 0 Å². The maximum Gasteiger partial charge on any atom is 0.254 e. The topological polar surface area (TPSA) is 143 Å². The van der Waals surface area contributed by atoms with Crippen LogP contribution < -0.4 is 25.7 Å². The van der Waals surface area contributed by atoms with Crippen molar-refractivity contribution < 1.29 is 28.3 Å². The van der Waals surface area contributed by atoms with Crippen LogP contribution in [0.5, 0.6) is 17.2 Å². The van der Waals surface area contributed by atoms with Crippen molar-refractivity contribution in [3.8, 4) is 17.2 Å². The Morgan fingerprint density at radius 2 is 1.55 bits per heavy atom. The van der Waals surface area contributed by atoms with Gasteiger partial charge in [-0.2, -0.15) is 0 Å². The van der Waals surface area contributed by atoms with Crippen molar-refractivity contribution in [1.29, 1.82) is 0 Å². The number of rotatable bonds is 13. The molecule has 3 aromatic rings. The van der Waals surface area contributed by atoms with Crippen LogP contribution in [0, 0.1) is 0 Å². The summed E-state index contributed by atoms with van der Waals surface area (Å²) >= 11 is 0. The number of aromatic nitrogens is 1. The molecule has 1 heterocycles. The maximum absolute atomic E-state index is 13.0. The van der Waals surface area contributed by atoms with Crippen molar-refractivity contribution in [1.82, 2.24) is 10.1 Å². The molecule has 4 N–H and O–H groups in total. The predicted molar refractivity (Wildman–Crippen MR) is 146 cm³/mol. The van der Waals surface area contributed by atoms with Gasteiger partial charge in [-0.05, 0) is 77.8 Å². The number of Topliss-reactive ketones (excluding diaryl/α,β-unsaturated/α-hetero) is 1. The van der Waals surface area contributed by atoms with Crippen molar-refractivity contribution in [2.24, 2.45) is 5.73 Å². The number of carbonyl (C=O) groups is 2. The summed E-state index contributed by atoms with van der Waals surface area (Å²) in [6, 6.07) is 8.10. The second-order valence-electron chi connectivity index (χ2n) is 9.71. The molecule has 1 atom stereocenters. The first-order valence-corrected chi connectivity index (χ1v) is 12.8.